The van der Waals surface area contributed by atoms with Gasteiger partial charge in [-0.3, -0.25) is 9.52 Å². The first kappa shape index (κ1) is 30.1. The molecule has 1 amide bonds. The molecule has 0 aromatic heterocycles. The van der Waals surface area contributed by atoms with Crippen molar-refractivity contribution in [3.8, 4) is 0 Å². The molecule has 0 aliphatic heterocycles. The van der Waals surface area contributed by atoms with Crippen LogP contribution in [0.1, 0.15) is 41.5 Å². The largest absolute Gasteiger partial charge is 0.490 e. The molecule has 2 aromatic rings. The van der Waals surface area contributed by atoms with Gasteiger partial charge in [0, 0.05) is 25.9 Å². The van der Waals surface area contributed by atoms with Crippen molar-refractivity contribution in [1.82, 2.24) is 5.32 Å². The fourth-order valence-electron chi connectivity index (χ4n) is 4.01. The lowest BCUT2D eigenvalue weighted by Gasteiger charge is -2.17. The van der Waals surface area contributed by atoms with Crippen molar-refractivity contribution in [1.29, 1.82) is 0 Å². The van der Waals surface area contributed by atoms with Gasteiger partial charge in [0.15, 0.2) is 0 Å². The quantitative estimate of drug-likeness (QED) is 0.406. The van der Waals surface area contributed by atoms with Crippen LogP contribution in [0.5, 0.6) is 0 Å². The maximum absolute atomic E-state index is 12.9. The second-order valence-electron chi connectivity index (χ2n) is 8.90. The van der Waals surface area contributed by atoms with Gasteiger partial charge in [-0.1, -0.05) is 29.8 Å². The van der Waals surface area contributed by atoms with Crippen LogP contribution in [0.4, 0.5) is 18.9 Å². The Balaban J connectivity index is 0.000000604. The van der Waals surface area contributed by atoms with Gasteiger partial charge in [-0.05, 0) is 68.9 Å². The molecule has 1 saturated carbocycles. The van der Waals surface area contributed by atoms with Crippen molar-refractivity contribution in [2.45, 2.75) is 56.5 Å². The van der Waals surface area contributed by atoms with E-state index >= 15 is 0 Å². The number of methoxy groups -OCH3 is 1. The molecule has 8 nitrogen and oxygen atoms in total. The number of benzene rings is 2. The van der Waals surface area contributed by atoms with Crippen LogP contribution >= 0.6 is 0 Å². The van der Waals surface area contributed by atoms with Crippen molar-refractivity contribution in [3.63, 3.8) is 0 Å². The number of alkyl halides is 3. The lowest BCUT2D eigenvalue weighted by Crippen LogP contribution is -2.35. The van der Waals surface area contributed by atoms with Crippen LogP contribution in [0.15, 0.2) is 41.3 Å². The molecule has 204 valence electrons. The molecule has 3 rings (SSSR count). The zero-order chi connectivity index (χ0) is 28.0. The number of hydrogen-bond donors (Lipinski definition) is 3. The number of nitrogens with one attached hydrogen (secondary N) is 2. The smallest absolute Gasteiger partial charge is 0.475 e. The van der Waals surface area contributed by atoms with E-state index in [9.17, 15) is 26.4 Å². The van der Waals surface area contributed by atoms with Crippen molar-refractivity contribution >= 4 is 27.6 Å². The number of aryl methyl sites for hydroxylation is 3. The molecule has 0 heterocycles. The molecular formula is C25H31F3N2O6S. The van der Waals surface area contributed by atoms with Crippen molar-refractivity contribution in [2.75, 3.05) is 25.0 Å². The highest BCUT2D eigenvalue weighted by Crippen LogP contribution is 2.48. The molecule has 0 saturated heterocycles. The molecule has 12 heteroatoms. The van der Waals surface area contributed by atoms with Crippen molar-refractivity contribution in [2.24, 2.45) is 0 Å². The summed E-state index contributed by atoms with van der Waals surface area (Å²) >= 11 is 0. The third-order valence-electron chi connectivity index (χ3n) is 5.80. The summed E-state index contributed by atoms with van der Waals surface area (Å²) in [6.45, 7) is 6.76. The van der Waals surface area contributed by atoms with E-state index in [0.717, 1.165) is 41.5 Å². The summed E-state index contributed by atoms with van der Waals surface area (Å²) in [7, 11) is -2.06. The van der Waals surface area contributed by atoms with E-state index in [1.54, 1.807) is 33.1 Å². The molecule has 1 aliphatic rings. The molecule has 2 aromatic carbocycles. The van der Waals surface area contributed by atoms with Crippen molar-refractivity contribution in [3.05, 3.63) is 58.7 Å². The van der Waals surface area contributed by atoms with Crippen molar-refractivity contribution < 1.29 is 41.0 Å². The van der Waals surface area contributed by atoms with E-state index < -0.39 is 27.6 Å². The normalized spacial score (nSPS) is 14.2. The number of carboxylic acids is 1. The highest BCUT2D eigenvalue weighted by atomic mass is 32.2. The maximum Gasteiger partial charge on any atom is 0.490 e. The first-order valence-electron chi connectivity index (χ1n) is 11.4. The summed E-state index contributed by atoms with van der Waals surface area (Å²) in [5.74, 6) is -2.73. The zero-order valence-electron chi connectivity index (χ0n) is 21.0. The highest BCUT2D eigenvalue weighted by molar-refractivity contribution is 7.92. The summed E-state index contributed by atoms with van der Waals surface area (Å²) in [5.41, 5.74) is 3.38. The van der Waals surface area contributed by atoms with Gasteiger partial charge in [-0.25, -0.2) is 13.2 Å². The minimum atomic E-state index is -5.08. The van der Waals surface area contributed by atoms with E-state index in [1.165, 1.54) is 0 Å². The number of ether oxygens (including phenoxy) is 1. The second-order valence-corrected chi connectivity index (χ2v) is 10.5. The molecule has 1 aliphatic carbocycles. The van der Waals surface area contributed by atoms with Gasteiger partial charge in [-0.2, -0.15) is 13.2 Å². The SMILES string of the molecule is COCCCNC(=O)C1(c2ccc(NS(=O)(=O)c3c(C)cc(C)cc3C)cc2)CC1.O=C(O)C(F)(F)F. The van der Waals surface area contributed by atoms with Crippen LogP contribution in [0.2, 0.25) is 0 Å². The first-order chi connectivity index (χ1) is 17.1. The van der Waals surface area contributed by atoms with E-state index in [-0.39, 0.29) is 5.91 Å². The molecule has 0 spiro atoms. The monoisotopic (exact) mass is 544 g/mol. The van der Waals surface area contributed by atoms with Gasteiger partial charge in [0.05, 0.1) is 10.3 Å². The van der Waals surface area contributed by atoms with Gasteiger partial charge in [0.2, 0.25) is 5.91 Å². The third-order valence-corrected chi connectivity index (χ3v) is 7.49. The van der Waals surface area contributed by atoms with Crippen LogP contribution in [0, 0.1) is 20.8 Å². The number of aliphatic carboxylic acids is 1. The maximum atomic E-state index is 12.9. The molecule has 3 N–H and O–H groups in total. The molecule has 0 radical (unpaired) electrons. The predicted molar refractivity (Wildman–Crippen MR) is 132 cm³/mol. The summed E-state index contributed by atoms with van der Waals surface area (Å²) < 4.78 is 65.3. The van der Waals surface area contributed by atoms with E-state index in [1.807, 2.05) is 31.2 Å². The van der Waals surface area contributed by atoms with Gasteiger partial charge in [0.1, 0.15) is 0 Å². The summed E-state index contributed by atoms with van der Waals surface area (Å²) in [4.78, 5) is 21.8. The van der Waals surface area contributed by atoms with E-state index in [4.69, 9.17) is 14.6 Å². The fourth-order valence-corrected chi connectivity index (χ4v) is 5.53. The number of sulfonamides is 1. The number of amides is 1. The predicted octanol–water partition coefficient (Wildman–Crippen LogP) is 4.23. The number of carbonyl (C=O) groups is 2. The van der Waals surface area contributed by atoms with Crippen LogP contribution in [-0.4, -0.2) is 51.8 Å². The topological polar surface area (TPSA) is 122 Å². The average molecular weight is 545 g/mol. The van der Waals surface area contributed by atoms with Crippen LogP contribution in [0.25, 0.3) is 0 Å². The molecule has 0 atom stereocenters. The molecular weight excluding hydrogens is 513 g/mol. The Bertz CT molecular complexity index is 1200. The highest BCUT2D eigenvalue weighted by Gasteiger charge is 2.51. The molecule has 1 fully saturated rings. The number of hydrogen-bond acceptors (Lipinski definition) is 5. The minimum Gasteiger partial charge on any atom is -0.475 e. The Morgan fingerprint density at radius 3 is 2.00 bits per heavy atom. The van der Waals surface area contributed by atoms with Crippen LogP contribution in [0.3, 0.4) is 0 Å². The lowest BCUT2D eigenvalue weighted by molar-refractivity contribution is -0.192. The van der Waals surface area contributed by atoms with Gasteiger partial charge in [-0.15, -0.1) is 0 Å². The summed E-state index contributed by atoms with van der Waals surface area (Å²) in [6.07, 6.45) is -2.71. The van der Waals surface area contributed by atoms with E-state index in [0.29, 0.717) is 23.7 Å². The fraction of sp³-hybridized carbons (Fsp3) is 0.440. The summed E-state index contributed by atoms with van der Waals surface area (Å²) in [6, 6.07) is 10.9. The molecule has 0 unspecified atom stereocenters. The lowest BCUT2D eigenvalue weighted by atomic mass is 9.95. The number of carbonyl (C=O) groups excluding carboxylic acids is 1. The first-order valence-corrected chi connectivity index (χ1v) is 12.9. The minimum absolute atomic E-state index is 0.0258. The molecule has 0 bridgehead atoms. The zero-order valence-corrected chi connectivity index (χ0v) is 21.8. The third kappa shape index (κ3) is 7.93. The standard InChI is InChI=1S/C23H30N2O4S.C2HF3O2/c1-16-14-17(2)21(18(3)15-16)30(27,28)25-20-8-6-19(7-9-20)23(10-11-23)22(26)24-12-5-13-29-4;3-2(4,5)1(6)7/h6-9,14-15,25H,5,10-13H2,1-4H3,(H,24,26);(H,6,7). The Labute approximate surface area is 214 Å². The number of anilines is 1. The summed E-state index contributed by atoms with van der Waals surface area (Å²) in [5, 5.41) is 10.1. The Morgan fingerprint density at radius 2 is 1.57 bits per heavy atom. The van der Waals surface area contributed by atoms with Gasteiger partial charge < -0.3 is 15.2 Å². The van der Waals surface area contributed by atoms with E-state index in [2.05, 4.69) is 10.0 Å². The second kappa shape index (κ2) is 12.0. The van der Waals surface area contributed by atoms with Gasteiger partial charge in [0.25, 0.3) is 10.0 Å². The number of halogens is 3. The Kier molecular flexibility index (Phi) is 9.72. The molecule has 37 heavy (non-hydrogen) atoms. The number of carboxylic acid groups (broad SMARTS) is 1. The van der Waals surface area contributed by atoms with Crippen LogP contribution in [-0.2, 0) is 29.8 Å². The Hall–Kier alpha value is -3.12. The average Bonchev–Trinajstić information content (AvgIpc) is 3.58. The van der Waals surface area contributed by atoms with Crippen LogP contribution < -0.4 is 10.0 Å². The number of rotatable bonds is 9. The van der Waals surface area contributed by atoms with Gasteiger partial charge >= 0.3 is 12.1 Å². The Morgan fingerprint density at radius 1 is 1.05 bits per heavy atom.